The molecule has 0 saturated carbocycles. The molecule has 21 heavy (non-hydrogen) atoms. The molecule has 2 atom stereocenters. The van der Waals surface area contributed by atoms with Crippen molar-refractivity contribution in [2.45, 2.75) is 6.42 Å². The van der Waals surface area contributed by atoms with Crippen LogP contribution in [-0.4, -0.2) is 52.4 Å². The van der Waals surface area contributed by atoms with Gasteiger partial charge in [0.2, 0.25) is 20.7 Å². The van der Waals surface area contributed by atoms with E-state index >= 15 is 0 Å². The summed E-state index contributed by atoms with van der Waals surface area (Å²) in [5.74, 6) is 0.736. The van der Waals surface area contributed by atoms with Gasteiger partial charge in [-0.3, -0.25) is 4.57 Å². The minimum absolute atomic E-state index is 0.121. The molecule has 0 aromatic carbocycles. The first-order valence-electron chi connectivity index (χ1n) is 6.19. The third-order valence-electron chi connectivity index (χ3n) is 1.89. The van der Waals surface area contributed by atoms with Gasteiger partial charge in [-0.2, -0.15) is 0 Å². The Morgan fingerprint density at radius 2 is 1.76 bits per heavy atom. The van der Waals surface area contributed by atoms with Gasteiger partial charge in [-0.25, -0.2) is 13.1 Å². The van der Waals surface area contributed by atoms with Crippen molar-refractivity contribution in [1.82, 2.24) is 0 Å². The fourth-order valence-corrected chi connectivity index (χ4v) is 4.48. The molecule has 0 aromatic heterocycles. The van der Waals surface area contributed by atoms with Gasteiger partial charge >= 0.3 is 7.60 Å². The molecule has 0 radical (unpaired) electrons. The smallest absolute Gasteiger partial charge is 0.327 e. The highest BCUT2D eigenvalue weighted by molar-refractivity contribution is 8.52. The maximum Gasteiger partial charge on any atom is 0.327 e. The van der Waals surface area contributed by atoms with E-state index in [0.29, 0.717) is 26.2 Å². The topological polar surface area (TPSA) is 62.7 Å². The van der Waals surface area contributed by atoms with Crippen LogP contribution >= 0.6 is 26.6 Å². The summed E-state index contributed by atoms with van der Waals surface area (Å²) in [5, 5.41) is 0. The molecule has 0 saturated heterocycles. The van der Waals surface area contributed by atoms with Gasteiger partial charge in [0.25, 0.3) is 0 Å². The molecular formula is C11H20N2O5P2S. The minimum Gasteiger partial charge on any atom is -0.329 e. The van der Waals surface area contributed by atoms with Crippen molar-refractivity contribution in [3.63, 3.8) is 0 Å². The molecule has 0 N–H and O–H groups in total. The van der Waals surface area contributed by atoms with Gasteiger partial charge < -0.3 is 27.8 Å². The van der Waals surface area contributed by atoms with Crippen molar-refractivity contribution in [3.05, 3.63) is 22.8 Å². The van der Waals surface area contributed by atoms with Crippen LogP contribution < -0.4 is 0 Å². The van der Waals surface area contributed by atoms with E-state index in [1.54, 1.807) is 7.11 Å². The summed E-state index contributed by atoms with van der Waals surface area (Å²) in [6, 6.07) is 0. The summed E-state index contributed by atoms with van der Waals surface area (Å²) >= 11 is 1.51. The van der Waals surface area contributed by atoms with Crippen LogP contribution in [0.3, 0.4) is 0 Å². The average Bonchev–Trinajstić information content (AvgIpc) is 2.45. The molecule has 10 heteroatoms. The predicted molar refractivity (Wildman–Crippen MR) is 85.3 cm³/mol. The lowest BCUT2D eigenvalue weighted by Gasteiger charge is -2.14. The maximum absolute atomic E-state index is 11.8. The van der Waals surface area contributed by atoms with Crippen LogP contribution in [0.2, 0.25) is 0 Å². The molecule has 0 fully saturated rings. The summed E-state index contributed by atoms with van der Waals surface area (Å²) in [7, 11) is -2.53. The molecule has 0 bridgehead atoms. The number of hydrogen-bond donors (Lipinski definition) is 0. The predicted octanol–water partition coefficient (Wildman–Crippen LogP) is 3.69. The van der Waals surface area contributed by atoms with Crippen LogP contribution in [-0.2, 0) is 22.7 Å². The van der Waals surface area contributed by atoms with E-state index < -0.39 is 15.2 Å². The molecule has 0 amide bonds. The van der Waals surface area contributed by atoms with Crippen LogP contribution in [0.15, 0.2) is 0 Å². The SMILES string of the molecule is [C-]#[N+]CCOP(OC)SCCCOP(C)(=O)OCC[N+]#[C-]. The summed E-state index contributed by atoms with van der Waals surface area (Å²) in [6.07, 6.45) is 0.684. The van der Waals surface area contributed by atoms with Crippen molar-refractivity contribution in [1.29, 1.82) is 0 Å². The maximum atomic E-state index is 11.8. The Balaban J connectivity index is 3.67. The van der Waals surface area contributed by atoms with E-state index in [2.05, 4.69) is 9.69 Å². The number of rotatable bonds is 13. The summed E-state index contributed by atoms with van der Waals surface area (Å²) in [4.78, 5) is 6.31. The van der Waals surface area contributed by atoms with Gasteiger partial charge in [-0.15, -0.1) is 0 Å². The van der Waals surface area contributed by atoms with Gasteiger partial charge in [-0.1, -0.05) is 11.4 Å². The van der Waals surface area contributed by atoms with E-state index in [-0.39, 0.29) is 13.2 Å². The first-order chi connectivity index (χ1) is 10.1. The van der Waals surface area contributed by atoms with Crippen molar-refractivity contribution >= 4 is 26.6 Å². The summed E-state index contributed by atoms with van der Waals surface area (Å²) in [6.45, 7) is 16.0. The highest BCUT2D eigenvalue weighted by Crippen LogP contribution is 2.51. The first-order valence-corrected chi connectivity index (χ1v) is 10.9. The fourth-order valence-electron chi connectivity index (χ4n) is 1.02. The number of hydrogen-bond acceptors (Lipinski definition) is 6. The Kier molecular flexibility index (Phi) is 13.4. The lowest BCUT2D eigenvalue weighted by Crippen LogP contribution is -2.00. The molecule has 120 valence electrons. The highest BCUT2D eigenvalue weighted by Gasteiger charge is 2.17. The second kappa shape index (κ2) is 13.5. The molecule has 0 aliphatic heterocycles. The van der Waals surface area contributed by atoms with E-state index in [0.717, 1.165) is 5.75 Å². The lowest BCUT2D eigenvalue weighted by atomic mass is 10.5. The minimum atomic E-state index is -3.06. The third-order valence-corrected chi connectivity index (χ3v) is 6.51. The van der Waals surface area contributed by atoms with Crippen molar-refractivity contribution in [3.8, 4) is 0 Å². The van der Waals surface area contributed by atoms with Crippen molar-refractivity contribution in [2.24, 2.45) is 0 Å². The third kappa shape index (κ3) is 13.2. The molecule has 0 aliphatic carbocycles. The van der Waals surface area contributed by atoms with Crippen LogP contribution in [0.4, 0.5) is 0 Å². The van der Waals surface area contributed by atoms with Crippen LogP contribution in [0, 0.1) is 13.1 Å². The Bertz CT molecular complexity index is 399. The highest BCUT2D eigenvalue weighted by atomic mass is 32.7. The van der Waals surface area contributed by atoms with E-state index in [4.69, 9.17) is 31.2 Å². The standard InChI is InChI=1S/C11H20N2O5P2S/c1-12-6-9-16-19(15-3)21-11-5-8-17-20(4,14)18-10-7-13-2/h5-11H2,3-4H3. The second-order valence-corrected chi connectivity index (χ2v) is 9.09. The quantitative estimate of drug-likeness (QED) is 0.286. The zero-order chi connectivity index (χ0) is 16.0. The van der Waals surface area contributed by atoms with Gasteiger partial charge in [0.1, 0.15) is 13.2 Å². The zero-order valence-corrected chi connectivity index (χ0v) is 14.8. The molecule has 0 spiro atoms. The Morgan fingerprint density at radius 3 is 2.38 bits per heavy atom. The second-order valence-electron chi connectivity index (χ2n) is 3.63. The van der Waals surface area contributed by atoms with Crippen LogP contribution in [0.5, 0.6) is 0 Å². The van der Waals surface area contributed by atoms with Crippen molar-refractivity contribution in [2.75, 3.05) is 52.4 Å². The Hall–Kier alpha value is -0.170. The first kappa shape index (κ1) is 20.8. The Morgan fingerprint density at radius 1 is 1.14 bits per heavy atom. The normalized spacial score (nSPS) is 14.9. The number of nitrogens with zero attached hydrogens (tertiary/aromatic N) is 2. The van der Waals surface area contributed by atoms with Gasteiger partial charge in [0.05, 0.1) is 6.61 Å². The van der Waals surface area contributed by atoms with Gasteiger partial charge in [0.15, 0.2) is 0 Å². The molecular weight excluding hydrogens is 334 g/mol. The Labute approximate surface area is 131 Å². The molecule has 0 rings (SSSR count). The van der Waals surface area contributed by atoms with E-state index in [1.807, 2.05) is 0 Å². The molecule has 2 unspecified atom stereocenters. The largest absolute Gasteiger partial charge is 0.329 e. The van der Waals surface area contributed by atoms with Crippen LogP contribution in [0.1, 0.15) is 6.42 Å². The molecule has 0 aromatic rings. The average molecular weight is 354 g/mol. The van der Waals surface area contributed by atoms with E-state index in [9.17, 15) is 4.57 Å². The van der Waals surface area contributed by atoms with Crippen LogP contribution in [0.25, 0.3) is 9.69 Å². The fraction of sp³-hybridized carbons (Fsp3) is 0.818. The lowest BCUT2D eigenvalue weighted by molar-refractivity contribution is 0.216. The van der Waals surface area contributed by atoms with Crippen molar-refractivity contribution < 1.29 is 22.7 Å². The summed E-state index contributed by atoms with van der Waals surface area (Å²) in [5.41, 5.74) is 0. The molecule has 0 heterocycles. The van der Waals surface area contributed by atoms with Gasteiger partial charge in [0, 0.05) is 19.5 Å². The summed E-state index contributed by atoms with van der Waals surface area (Å²) < 4.78 is 32.6. The van der Waals surface area contributed by atoms with E-state index in [1.165, 1.54) is 18.0 Å². The molecule has 7 nitrogen and oxygen atoms in total. The van der Waals surface area contributed by atoms with Gasteiger partial charge in [-0.05, 0) is 6.42 Å². The zero-order valence-electron chi connectivity index (χ0n) is 12.2. The molecule has 0 aliphatic rings. The monoisotopic (exact) mass is 354 g/mol.